The second kappa shape index (κ2) is 9.39. The fourth-order valence-corrected chi connectivity index (χ4v) is 3.42. The van der Waals surface area contributed by atoms with Gasteiger partial charge in [0.25, 0.3) is 0 Å². The molecule has 0 spiro atoms. The molecule has 1 amide bonds. The third-order valence-corrected chi connectivity index (χ3v) is 4.92. The molecule has 3 rings (SSSR count). The molecule has 0 aromatic heterocycles. The van der Waals surface area contributed by atoms with Gasteiger partial charge in [-0.3, -0.25) is 4.79 Å². The van der Waals surface area contributed by atoms with Crippen molar-refractivity contribution >= 4 is 17.6 Å². The van der Waals surface area contributed by atoms with Gasteiger partial charge in [-0.2, -0.15) is 5.10 Å². The van der Waals surface area contributed by atoms with Crippen molar-refractivity contribution in [2.75, 3.05) is 14.2 Å². The molecular formula is C22H22FN2O5-. The number of methoxy groups -OCH3 is 2. The maximum absolute atomic E-state index is 14.5. The summed E-state index contributed by atoms with van der Waals surface area (Å²) < 4.78 is 25.1. The first kappa shape index (κ1) is 21.3. The SMILES string of the molecule is COc1ccc(C2=NN(C(=O)CCCC(=O)[O-])[C@@H](c3ccccc3F)C2)cc1OC. The number of hydrogen-bond acceptors (Lipinski definition) is 6. The van der Waals surface area contributed by atoms with Crippen LogP contribution in [0.15, 0.2) is 47.6 Å². The monoisotopic (exact) mass is 413 g/mol. The van der Waals surface area contributed by atoms with Crippen LogP contribution in [0, 0.1) is 5.82 Å². The minimum absolute atomic E-state index is 0.0261. The first-order valence-corrected chi connectivity index (χ1v) is 9.50. The second-order valence-electron chi connectivity index (χ2n) is 6.82. The van der Waals surface area contributed by atoms with Gasteiger partial charge in [0.1, 0.15) is 5.82 Å². The van der Waals surface area contributed by atoms with Crippen LogP contribution >= 0.6 is 0 Å². The molecule has 0 saturated heterocycles. The van der Waals surface area contributed by atoms with Crippen LogP contribution in [0.1, 0.15) is 42.9 Å². The van der Waals surface area contributed by atoms with E-state index < -0.39 is 17.8 Å². The van der Waals surface area contributed by atoms with E-state index in [-0.39, 0.29) is 25.2 Å². The molecule has 0 unspecified atom stereocenters. The van der Waals surface area contributed by atoms with E-state index in [1.165, 1.54) is 25.3 Å². The number of rotatable bonds is 8. The minimum Gasteiger partial charge on any atom is -0.550 e. The summed E-state index contributed by atoms with van der Waals surface area (Å²) in [6, 6.07) is 10.9. The minimum atomic E-state index is -1.22. The molecular weight excluding hydrogens is 391 g/mol. The summed E-state index contributed by atoms with van der Waals surface area (Å²) >= 11 is 0. The second-order valence-corrected chi connectivity index (χ2v) is 6.82. The van der Waals surface area contributed by atoms with Gasteiger partial charge in [0.15, 0.2) is 11.5 Å². The quantitative estimate of drug-likeness (QED) is 0.663. The van der Waals surface area contributed by atoms with Gasteiger partial charge in [-0.15, -0.1) is 0 Å². The molecule has 8 heteroatoms. The highest BCUT2D eigenvalue weighted by Crippen LogP contribution is 2.36. The van der Waals surface area contributed by atoms with E-state index in [9.17, 15) is 19.1 Å². The molecule has 0 N–H and O–H groups in total. The van der Waals surface area contributed by atoms with Crippen molar-refractivity contribution in [1.29, 1.82) is 0 Å². The Labute approximate surface area is 173 Å². The molecule has 0 saturated carbocycles. The lowest BCUT2D eigenvalue weighted by Gasteiger charge is -2.22. The largest absolute Gasteiger partial charge is 0.550 e. The molecule has 1 aliphatic heterocycles. The molecule has 158 valence electrons. The third-order valence-electron chi connectivity index (χ3n) is 4.92. The summed E-state index contributed by atoms with van der Waals surface area (Å²) in [6.45, 7) is 0. The lowest BCUT2D eigenvalue weighted by molar-refractivity contribution is -0.305. The van der Waals surface area contributed by atoms with Crippen LogP contribution in [-0.4, -0.2) is 36.8 Å². The zero-order chi connectivity index (χ0) is 21.7. The molecule has 0 bridgehead atoms. The molecule has 0 fully saturated rings. The molecule has 1 heterocycles. The maximum Gasteiger partial charge on any atom is 0.243 e. The normalized spacial score (nSPS) is 15.6. The van der Waals surface area contributed by atoms with Gasteiger partial charge < -0.3 is 19.4 Å². The summed E-state index contributed by atoms with van der Waals surface area (Å²) in [5, 5.41) is 16.4. The third kappa shape index (κ3) is 4.59. The topological polar surface area (TPSA) is 91.3 Å². The van der Waals surface area contributed by atoms with Crippen molar-refractivity contribution in [3.63, 3.8) is 0 Å². The van der Waals surface area contributed by atoms with Crippen molar-refractivity contribution in [2.24, 2.45) is 5.10 Å². The number of carbonyl (C=O) groups excluding carboxylic acids is 2. The van der Waals surface area contributed by atoms with E-state index in [0.29, 0.717) is 29.2 Å². The highest BCUT2D eigenvalue weighted by molar-refractivity contribution is 6.03. The van der Waals surface area contributed by atoms with Crippen LogP contribution in [-0.2, 0) is 9.59 Å². The van der Waals surface area contributed by atoms with Crippen LogP contribution in [0.25, 0.3) is 0 Å². The fourth-order valence-electron chi connectivity index (χ4n) is 3.42. The molecule has 30 heavy (non-hydrogen) atoms. The number of ether oxygens (including phenoxy) is 2. The number of nitrogens with zero attached hydrogens (tertiary/aromatic N) is 2. The van der Waals surface area contributed by atoms with Gasteiger partial charge in [-0.1, -0.05) is 18.2 Å². The maximum atomic E-state index is 14.5. The van der Waals surface area contributed by atoms with Crippen molar-refractivity contribution < 1.29 is 28.6 Å². The summed E-state index contributed by atoms with van der Waals surface area (Å²) in [4.78, 5) is 23.4. The average Bonchev–Trinajstić information content (AvgIpc) is 3.18. The van der Waals surface area contributed by atoms with Crippen LogP contribution in [0.3, 0.4) is 0 Å². The molecule has 2 aromatic rings. The van der Waals surface area contributed by atoms with E-state index in [1.807, 2.05) is 0 Å². The molecule has 2 aromatic carbocycles. The Bertz CT molecular complexity index is 976. The number of aliphatic carboxylic acids is 1. The van der Waals surface area contributed by atoms with E-state index in [0.717, 1.165) is 5.56 Å². The molecule has 0 radical (unpaired) electrons. The lowest BCUT2D eigenvalue weighted by Crippen LogP contribution is -2.28. The Morgan fingerprint density at radius 1 is 1.13 bits per heavy atom. The van der Waals surface area contributed by atoms with Gasteiger partial charge >= 0.3 is 0 Å². The van der Waals surface area contributed by atoms with Crippen LogP contribution < -0.4 is 14.6 Å². The predicted octanol–water partition coefficient (Wildman–Crippen LogP) is 2.44. The van der Waals surface area contributed by atoms with E-state index in [2.05, 4.69) is 5.10 Å². The van der Waals surface area contributed by atoms with Crippen molar-refractivity contribution in [1.82, 2.24) is 5.01 Å². The fraction of sp³-hybridized carbons (Fsp3) is 0.318. The lowest BCUT2D eigenvalue weighted by atomic mass is 9.97. The molecule has 0 aliphatic carbocycles. The number of carbonyl (C=O) groups is 2. The Morgan fingerprint density at radius 2 is 1.87 bits per heavy atom. The van der Waals surface area contributed by atoms with Crippen LogP contribution in [0.2, 0.25) is 0 Å². The highest BCUT2D eigenvalue weighted by Gasteiger charge is 2.34. The van der Waals surface area contributed by atoms with Gasteiger partial charge in [0, 0.05) is 29.9 Å². The Kier molecular flexibility index (Phi) is 6.66. The smallest absolute Gasteiger partial charge is 0.243 e. The number of amides is 1. The average molecular weight is 413 g/mol. The standard InChI is InChI=1S/C22H23FN2O5/c1-29-19-11-10-14(12-20(19)30-2)17-13-18(15-6-3-4-7-16(15)23)25(24-17)21(26)8-5-9-22(27)28/h3-4,6-7,10-12,18H,5,8-9,13H2,1-2H3,(H,27,28)/p-1/t18-/m1/s1. The summed E-state index contributed by atoms with van der Waals surface area (Å²) in [5.74, 6) is -0.956. The Balaban J connectivity index is 1.92. The summed E-state index contributed by atoms with van der Waals surface area (Å²) in [5.41, 5.74) is 1.67. The number of carboxylic acid groups (broad SMARTS) is 1. The summed E-state index contributed by atoms with van der Waals surface area (Å²) in [7, 11) is 3.05. The summed E-state index contributed by atoms with van der Waals surface area (Å²) in [6.07, 6.45) is 0.184. The van der Waals surface area contributed by atoms with Gasteiger partial charge in [-0.25, -0.2) is 9.40 Å². The predicted molar refractivity (Wildman–Crippen MR) is 106 cm³/mol. The number of hydrogen-bond donors (Lipinski definition) is 0. The number of halogens is 1. The van der Waals surface area contributed by atoms with Gasteiger partial charge in [0.2, 0.25) is 5.91 Å². The van der Waals surface area contributed by atoms with Crippen molar-refractivity contribution in [3.05, 3.63) is 59.4 Å². The zero-order valence-corrected chi connectivity index (χ0v) is 16.8. The number of benzene rings is 2. The van der Waals surface area contributed by atoms with E-state index in [4.69, 9.17) is 9.47 Å². The number of carboxylic acids is 1. The van der Waals surface area contributed by atoms with Crippen molar-refractivity contribution in [3.8, 4) is 11.5 Å². The van der Waals surface area contributed by atoms with E-state index >= 15 is 0 Å². The number of hydrazone groups is 1. The van der Waals surface area contributed by atoms with Crippen LogP contribution in [0.4, 0.5) is 4.39 Å². The Hall–Kier alpha value is -3.42. The molecule has 1 aliphatic rings. The molecule has 1 atom stereocenters. The Morgan fingerprint density at radius 3 is 2.53 bits per heavy atom. The highest BCUT2D eigenvalue weighted by atomic mass is 19.1. The first-order chi connectivity index (χ1) is 14.4. The first-order valence-electron chi connectivity index (χ1n) is 9.50. The molecule has 7 nitrogen and oxygen atoms in total. The van der Waals surface area contributed by atoms with Crippen LogP contribution in [0.5, 0.6) is 11.5 Å². The van der Waals surface area contributed by atoms with Gasteiger partial charge in [0.05, 0.1) is 26.0 Å². The van der Waals surface area contributed by atoms with E-state index in [1.54, 1.807) is 36.4 Å². The zero-order valence-electron chi connectivity index (χ0n) is 16.8. The van der Waals surface area contributed by atoms with Crippen molar-refractivity contribution in [2.45, 2.75) is 31.7 Å². The van der Waals surface area contributed by atoms with Gasteiger partial charge in [-0.05, 0) is 37.1 Å².